The van der Waals surface area contributed by atoms with Gasteiger partial charge in [0, 0.05) is 38.4 Å². The first-order chi connectivity index (χ1) is 7.25. The standard InChI is InChI=1S/C10H16N4O/c1-14-5-4-12-9(14)7-11-6-8-2-3-10(15)13-8/h4-5,8,11H,2-3,6-7H2,1H3,(H,13,15). The topological polar surface area (TPSA) is 59.0 Å². The highest BCUT2D eigenvalue weighted by atomic mass is 16.1. The normalized spacial score (nSPS) is 20.6. The summed E-state index contributed by atoms with van der Waals surface area (Å²) in [6.07, 6.45) is 5.31. The fourth-order valence-corrected chi connectivity index (χ4v) is 1.76. The highest BCUT2D eigenvalue weighted by Crippen LogP contribution is 2.05. The molecule has 1 aliphatic rings. The monoisotopic (exact) mass is 208 g/mol. The van der Waals surface area contributed by atoms with Gasteiger partial charge in [-0.15, -0.1) is 0 Å². The van der Waals surface area contributed by atoms with E-state index in [0.717, 1.165) is 25.3 Å². The van der Waals surface area contributed by atoms with Crippen molar-refractivity contribution in [1.29, 1.82) is 0 Å². The maximum atomic E-state index is 10.9. The molecule has 1 aromatic heterocycles. The molecule has 0 radical (unpaired) electrons. The molecule has 0 saturated carbocycles. The van der Waals surface area contributed by atoms with Crippen molar-refractivity contribution in [2.45, 2.75) is 25.4 Å². The molecule has 0 aliphatic carbocycles. The van der Waals surface area contributed by atoms with Gasteiger partial charge in [0.05, 0.1) is 6.54 Å². The zero-order chi connectivity index (χ0) is 10.7. The number of aryl methyl sites for hydroxylation is 1. The number of carbonyl (C=O) groups is 1. The molecule has 1 atom stereocenters. The van der Waals surface area contributed by atoms with Crippen LogP contribution in [0, 0.1) is 0 Å². The number of amides is 1. The highest BCUT2D eigenvalue weighted by molar-refractivity contribution is 5.78. The summed E-state index contributed by atoms with van der Waals surface area (Å²) in [6, 6.07) is 0.290. The number of carbonyl (C=O) groups excluding carboxylic acids is 1. The molecule has 1 aliphatic heterocycles. The Balaban J connectivity index is 1.71. The Labute approximate surface area is 88.9 Å². The quantitative estimate of drug-likeness (QED) is 0.719. The number of rotatable bonds is 4. The number of hydrogen-bond acceptors (Lipinski definition) is 3. The second kappa shape index (κ2) is 4.44. The molecule has 15 heavy (non-hydrogen) atoms. The van der Waals surface area contributed by atoms with Gasteiger partial charge in [0.25, 0.3) is 0 Å². The maximum absolute atomic E-state index is 10.9. The molecule has 5 nitrogen and oxygen atoms in total. The smallest absolute Gasteiger partial charge is 0.220 e. The van der Waals surface area contributed by atoms with E-state index in [1.807, 2.05) is 17.8 Å². The molecule has 1 fully saturated rings. The van der Waals surface area contributed by atoms with Crippen molar-refractivity contribution in [2.75, 3.05) is 6.54 Å². The molecule has 82 valence electrons. The van der Waals surface area contributed by atoms with Crippen LogP contribution in [-0.4, -0.2) is 28.0 Å². The molecule has 2 heterocycles. The van der Waals surface area contributed by atoms with Gasteiger partial charge in [-0.2, -0.15) is 0 Å². The summed E-state index contributed by atoms with van der Waals surface area (Å²) in [4.78, 5) is 15.2. The molecule has 2 rings (SSSR count). The van der Waals surface area contributed by atoms with Crippen LogP contribution in [0.3, 0.4) is 0 Å². The van der Waals surface area contributed by atoms with Crippen LogP contribution < -0.4 is 10.6 Å². The lowest BCUT2D eigenvalue weighted by atomic mass is 10.2. The van der Waals surface area contributed by atoms with Gasteiger partial charge in [-0.05, 0) is 6.42 Å². The van der Waals surface area contributed by atoms with Crippen LogP contribution in [0.5, 0.6) is 0 Å². The van der Waals surface area contributed by atoms with E-state index < -0.39 is 0 Å². The van der Waals surface area contributed by atoms with E-state index >= 15 is 0 Å². The summed E-state index contributed by atoms with van der Waals surface area (Å²) < 4.78 is 1.99. The van der Waals surface area contributed by atoms with E-state index in [1.165, 1.54) is 0 Å². The summed E-state index contributed by atoms with van der Waals surface area (Å²) in [5.41, 5.74) is 0. The second-order valence-corrected chi connectivity index (χ2v) is 3.89. The van der Waals surface area contributed by atoms with Crippen molar-refractivity contribution >= 4 is 5.91 Å². The van der Waals surface area contributed by atoms with Crippen molar-refractivity contribution in [1.82, 2.24) is 20.2 Å². The first-order valence-electron chi connectivity index (χ1n) is 5.22. The number of hydrogen-bond donors (Lipinski definition) is 2. The zero-order valence-corrected chi connectivity index (χ0v) is 8.86. The van der Waals surface area contributed by atoms with E-state index in [-0.39, 0.29) is 11.9 Å². The van der Waals surface area contributed by atoms with Gasteiger partial charge < -0.3 is 15.2 Å². The second-order valence-electron chi connectivity index (χ2n) is 3.89. The lowest BCUT2D eigenvalue weighted by Crippen LogP contribution is -2.35. The lowest BCUT2D eigenvalue weighted by molar-refractivity contribution is -0.119. The summed E-state index contributed by atoms with van der Waals surface area (Å²) in [6.45, 7) is 1.56. The fourth-order valence-electron chi connectivity index (χ4n) is 1.76. The van der Waals surface area contributed by atoms with Gasteiger partial charge in [-0.25, -0.2) is 4.98 Å². The van der Waals surface area contributed by atoms with Crippen molar-refractivity contribution in [3.8, 4) is 0 Å². The van der Waals surface area contributed by atoms with E-state index in [1.54, 1.807) is 6.20 Å². The minimum Gasteiger partial charge on any atom is -0.352 e. The third-order valence-corrected chi connectivity index (χ3v) is 2.68. The average Bonchev–Trinajstić information content (AvgIpc) is 2.77. The number of aromatic nitrogens is 2. The molecule has 0 aromatic carbocycles. The Hall–Kier alpha value is -1.36. The molecule has 0 bridgehead atoms. The van der Waals surface area contributed by atoms with Crippen LogP contribution in [0.15, 0.2) is 12.4 Å². The molecular formula is C10H16N4O. The first kappa shape index (κ1) is 10.2. The maximum Gasteiger partial charge on any atom is 0.220 e. The Bertz CT molecular complexity index is 347. The molecule has 2 N–H and O–H groups in total. The van der Waals surface area contributed by atoms with E-state index in [4.69, 9.17) is 0 Å². The summed E-state index contributed by atoms with van der Waals surface area (Å²) in [5.74, 6) is 1.18. The van der Waals surface area contributed by atoms with Crippen LogP contribution in [0.1, 0.15) is 18.7 Å². The van der Waals surface area contributed by atoms with Crippen LogP contribution in [0.25, 0.3) is 0 Å². The minimum atomic E-state index is 0.166. The number of imidazole rings is 1. The van der Waals surface area contributed by atoms with Crippen LogP contribution in [0.4, 0.5) is 0 Å². The van der Waals surface area contributed by atoms with Gasteiger partial charge in [-0.3, -0.25) is 4.79 Å². The SMILES string of the molecule is Cn1ccnc1CNCC1CCC(=O)N1. The first-order valence-corrected chi connectivity index (χ1v) is 5.22. The predicted octanol–water partition coefficient (Wildman–Crippen LogP) is -0.212. The molecule has 0 spiro atoms. The van der Waals surface area contributed by atoms with Gasteiger partial charge >= 0.3 is 0 Å². The summed E-state index contributed by atoms with van der Waals surface area (Å²) in [5, 5.41) is 6.21. The Morgan fingerprint density at radius 3 is 3.20 bits per heavy atom. The third-order valence-electron chi connectivity index (χ3n) is 2.68. The van der Waals surface area contributed by atoms with E-state index in [9.17, 15) is 4.79 Å². The lowest BCUT2D eigenvalue weighted by Gasteiger charge is -2.10. The molecule has 1 aromatic rings. The van der Waals surface area contributed by atoms with E-state index in [2.05, 4.69) is 15.6 Å². The van der Waals surface area contributed by atoms with Crippen LogP contribution >= 0.6 is 0 Å². The Morgan fingerprint density at radius 1 is 1.73 bits per heavy atom. The zero-order valence-electron chi connectivity index (χ0n) is 8.86. The Kier molecular flexibility index (Phi) is 3.01. The predicted molar refractivity (Wildman–Crippen MR) is 56.1 cm³/mol. The summed E-state index contributed by atoms with van der Waals surface area (Å²) >= 11 is 0. The molecule has 1 unspecified atom stereocenters. The van der Waals surface area contributed by atoms with Gasteiger partial charge in [0.1, 0.15) is 5.82 Å². The van der Waals surface area contributed by atoms with E-state index in [0.29, 0.717) is 6.42 Å². The van der Waals surface area contributed by atoms with Gasteiger partial charge in [0.15, 0.2) is 0 Å². The molecule has 1 amide bonds. The van der Waals surface area contributed by atoms with Crippen LogP contribution in [-0.2, 0) is 18.4 Å². The fraction of sp³-hybridized carbons (Fsp3) is 0.600. The average molecular weight is 208 g/mol. The molecular weight excluding hydrogens is 192 g/mol. The largest absolute Gasteiger partial charge is 0.352 e. The van der Waals surface area contributed by atoms with Crippen molar-refractivity contribution in [3.63, 3.8) is 0 Å². The molecule has 1 saturated heterocycles. The van der Waals surface area contributed by atoms with Crippen molar-refractivity contribution < 1.29 is 4.79 Å². The number of nitrogens with one attached hydrogen (secondary N) is 2. The third kappa shape index (κ3) is 2.56. The number of nitrogens with zero attached hydrogens (tertiary/aromatic N) is 2. The van der Waals surface area contributed by atoms with Crippen LogP contribution in [0.2, 0.25) is 0 Å². The highest BCUT2D eigenvalue weighted by Gasteiger charge is 2.19. The van der Waals surface area contributed by atoms with Crippen molar-refractivity contribution in [3.05, 3.63) is 18.2 Å². The molecule has 5 heteroatoms. The van der Waals surface area contributed by atoms with Crippen molar-refractivity contribution in [2.24, 2.45) is 7.05 Å². The summed E-state index contributed by atoms with van der Waals surface area (Å²) in [7, 11) is 1.97. The van der Waals surface area contributed by atoms with Gasteiger partial charge in [-0.1, -0.05) is 0 Å². The minimum absolute atomic E-state index is 0.166. The Morgan fingerprint density at radius 2 is 2.60 bits per heavy atom. The van der Waals surface area contributed by atoms with Gasteiger partial charge in [0.2, 0.25) is 5.91 Å².